The molecule has 0 aliphatic carbocycles. The molecule has 1 aliphatic rings. The zero-order valence-electron chi connectivity index (χ0n) is 17.5. The van der Waals surface area contributed by atoms with Crippen LogP contribution in [0.3, 0.4) is 0 Å². The minimum atomic E-state index is -1.26. The molecule has 1 heterocycles. The Morgan fingerprint density at radius 2 is 1.74 bits per heavy atom. The second-order valence-corrected chi connectivity index (χ2v) is 6.79. The number of benzene rings is 2. The van der Waals surface area contributed by atoms with E-state index in [-0.39, 0.29) is 0 Å². The third-order valence-electron chi connectivity index (χ3n) is 4.38. The number of allylic oxidation sites excluding steroid dienone is 1. The number of hydrogen-bond donors (Lipinski definition) is 2. The van der Waals surface area contributed by atoms with E-state index in [0.29, 0.717) is 12.2 Å². The molecule has 0 fully saturated rings. The van der Waals surface area contributed by atoms with Gasteiger partial charge in [0.15, 0.2) is 0 Å². The molecular weight excluding hydrogens is 394 g/mol. The van der Waals surface area contributed by atoms with Crippen molar-refractivity contribution in [3.63, 3.8) is 0 Å². The minimum absolute atomic E-state index is 0.558. The van der Waals surface area contributed by atoms with Gasteiger partial charge in [-0.05, 0) is 48.2 Å². The van der Waals surface area contributed by atoms with Gasteiger partial charge in [0, 0.05) is 24.3 Å². The summed E-state index contributed by atoms with van der Waals surface area (Å²) in [6.45, 7) is 3.82. The Kier molecular flexibility index (Phi) is 9.75. The van der Waals surface area contributed by atoms with Crippen molar-refractivity contribution in [2.45, 2.75) is 26.2 Å². The molecular formula is C25H27NO5. The quantitative estimate of drug-likeness (QED) is 0.478. The maximum Gasteiger partial charge on any atom is 0.328 e. The Hall–Kier alpha value is -3.67. The molecule has 6 heteroatoms. The number of carbonyl (C=O) groups is 2. The summed E-state index contributed by atoms with van der Waals surface area (Å²) < 4.78 is 5.82. The molecule has 2 N–H and O–H groups in total. The number of carboxylic acids is 2. The zero-order chi connectivity index (χ0) is 22.5. The van der Waals surface area contributed by atoms with Crippen LogP contribution in [0, 0.1) is 0 Å². The largest absolute Gasteiger partial charge is 0.494 e. The molecule has 0 unspecified atom stereocenters. The van der Waals surface area contributed by atoms with Gasteiger partial charge in [0.1, 0.15) is 5.75 Å². The molecule has 1 aliphatic heterocycles. The highest BCUT2D eigenvalue weighted by atomic mass is 16.5. The van der Waals surface area contributed by atoms with Crippen LogP contribution in [0.2, 0.25) is 0 Å². The van der Waals surface area contributed by atoms with E-state index < -0.39 is 11.9 Å². The Morgan fingerprint density at radius 1 is 1.03 bits per heavy atom. The second-order valence-electron chi connectivity index (χ2n) is 6.79. The predicted molar refractivity (Wildman–Crippen MR) is 122 cm³/mol. The number of unbranched alkanes of at least 4 members (excludes halogenated alkanes) is 1. The SMILES string of the molecule is CCCCOc1ccc2c(c1)CCN=C2C=Cc1ccccc1.O=C(O)/C=C/C(=O)O. The molecule has 0 spiro atoms. The van der Waals surface area contributed by atoms with Gasteiger partial charge in [0.2, 0.25) is 0 Å². The van der Waals surface area contributed by atoms with Crippen LogP contribution in [-0.4, -0.2) is 41.0 Å². The van der Waals surface area contributed by atoms with Crippen LogP contribution in [0.25, 0.3) is 6.08 Å². The van der Waals surface area contributed by atoms with Crippen LogP contribution in [0.15, 0.2) is 71.8 Å². The minimum Gasteiger partial charge on any atom is -0.494 e. The van der Waals surface area contributed by atoms with Crippen molar-refractivity contribution < 1.29 is 24.5 Å². The molecule has 0 saturated heterocycles. The van der Waals surface area contributed by atoms with Crippen LogP contribution in [0.1, 0.15) is 36.5 Å². The van der Waals surface area contributed by atoms with Gasteiger partial charge >= 0.3 is 11.9 Å². The van der Waals surface area contributed by atoms with Crippen molar-refractivity contribution in [3.05, 3.63) is 83.4 Å². The molecule has 31 heavy (non-hydrogen) atoms. The number of carboxylic acid groups (broad SMARTS) is 2. The molecule has 2 aromatic rings. The maximum atomic E-state index is 9.55. The highest BCUT2D eigenvalue weighted by Crippen LogP contribution is 2.23. The molecule has 162 valence electrons. The fraction of sp³-hybridized carbons (Fsp3) is 0.240. The first-order chi connectivity index (χ1) is 15.0. The van der Waals surface area contributed by atoms with E-state index in [1.54, 1.807) is 0 Å². The Bertz CT molecular complexity index is 945. The monoisotopic (exact) mass is 421 g/mol. The van der Waals surface area contributed by atoms with Crippen LogP contribution >= 0.6 is 0 Å². The number of ether oxygens (including phenoxy) is 1. The van der Waals surface area contributed by atoms with E-state index in [0.717, 1.165) is 43.9 Å². The summed E-state index contributed by atoms with van der Waals surface area (Å²) in [6.07, 6.45) is 8.60. The lowest BCUT2D eigenvalue weighted by Crippen LogP contribution is -2.11. The molecule has 3 rings (SSSR count). The summed E-state index contributed by atoms with van der Waals surface area (Å²) in [5, 5.41) is 15.6. The number of aliphatic carboxylic acids is 2. The predicted octanol–water partition coefficient (Wildman–Crippen LogP) is 4.64. The van der Waals surface area contributed by atoms with E-state index in [2.05, 4.69) is 66.5 Å². The summed E-state index contributed by atoms with van der Waals surface area (Å²) in [4.78, 5) is 23.8. The standard InChI is InChI=1S/C21H23NO.C4H4O4/c1-2-3-15-23-19-10-11-20-18(16-19)13-14-22-21(20)12-9-17-7-5-4-6-8-17;5-3(6)1-2-4(7)8/h4-12,16H,2-3,13-15H2,1H3;1-2H,(H,5,6)(H,7,8)/b;2-1+. The Balaban J connectivity index is 0.000000366. The third kappa shape index (κ3) is 8.70. The summed E-state index contributed by atoms with van der Waals surface area (Å²) in [6, 6.07) is 16.7. The maximum absolute atomic E-state index is 9.55. The lowest BCUT2D eigenvalue weighted by molar-refractivity contribution is -0.134. The molecule has 0 saturated carbocycles. The summed E-state index contributed by atoms with van der Waals surface area (Å²) in [7, 11) is 0. The summed E-state index contributed by atoms with van der Waals surface area (Å²) in [5.41, 5.74) is 4.82. The van der Waals surface area contributed by atoms with Crippen molar-refractivity contribution in [1.29, 1.82) is 0 Å². The lowest BCUT2D eigenvalue weighted by atomic mass is 9.96. The summed E-state index contributed by atoms with van der Waals surface area (Å²) >= 11 is 0. The van der Waals surface area contributed by atoms with Crippen LogP contribution in [0.4, 0.5) is 0 Å². The van der Waals surface area contributed by atoms with Crippen molar-refractivity contribution in [1.82, 2.24) is 0 Å². The number of nitrogens with zero attached hydrogens (tertiary/aromatic N) is 1. The first-order valence-electron chi connectivity index (χ1n) is 10.2. The average molecular weight is 421 g/mol. The number of hydrogen-bond acceptors (Lipinski definition) is 4. The Labute approximate surface area is 182 Å². The molecule has 6 nitrogen and oxygen atoms in total. The average Bonchev–Trinajstić information content (AvgIpc) is 2.77. The Morgan fingerprint density at radius 3 is 2.39 bits per heavy atom. The van der Waals surface area contributed by atoms with Crippen molar-refractivity contribution in [3.8, 4) is 5.75 Å². The summed E-state index contributed by atoms with van der Waals surface area (Å²) in [5.74, 6) is -1.54. The van der Waals surface area contributed by atoms with Gasteiger partial charge in [-0.3, -0.25) is 4.99 Å². The number of aliphatic imine (C=N–C) groups is 1. The van der Waals surface area contributed by atoms with Crippen molar-refractivity contribution >= 4 is 23.7 Å². The van der Waals surface area contributed by atoms with Gasteiger partial charge in [-0.1, -0.05) is 49.8 Å². The van der Waals surface area contributed by atoms with Crippen LogP contribution in [0.5, 0.6) is 5.75 Å². The van der Waals surface area contributed by atoms with Gasteiger partial charge in [-0.25, -0.2) is 9.59 Å². The lowest BCUT2D eigenvalue weighted by Gasteiger charge is -2.16. The van der Waals surface area contributed by atoms with Crippen molar-refractivity contribution in [2.75, 3.05) is 13.2 Å². The number of fused-ring (bicyclic) bond motifs is 1. The van der Waals surface area contributed by atoms with Gasteiger partial charge in [-0.2, -0.15) is 0 Å². The smallest absolute Gasteiger partial charge is 0.328 e. The molecule has 0 bridgehead atoms. The fourth-order valence-corrected chi connectivity index (χ4v) is 2.86. The van der Waals surface area contributed by atoms with Gasteiger partial charge in [0.05, 0.1) is 12.3 Å². The van der Waals surface area contributed by atoms with E-state index in [1.165, 1.54) is 16.7 Å². The zero-order valence-corrected chi connectivity index (χ0v) is 17.5. The molecule has 0 amide bonds. The van der Waals surface area contributed by atoms with Crippen LogP contribution < -0.4 is 4.74 Å². The second kappa shape index (κ2) is 12.8. The third-order valence-corrected chi connectivity index (χ3v) is 4.38. The molecule has 2 aromatic carbocycles. The van der Waals surface area contributed by atoms with Crippen LogP contribution in [-0.2, 0) is 16.0 Å². The molecule has 0 aromatic heterocycles. The number of rotatable bonds is 8. The van der Waals surface area contributed by atoms with E-state index in [4.69, 9.17) is 14.9 Å². The fourth-order valence-electron chi connectivity index (χ4n) is 2.86. The topological polar surface area (TPSA) is 96.2 Å². The van der Waals surface area contributed by atoms with E-state index in [9.17, 15) is 9.59 Å². The highest BCUT2D eigenvalue weighted by molar-refractivity contribution is 6.12. The first-order valence-corrected chi connectivity index (χ1v) is 10.2. The van der Waals surface area contributed by atoms with E-state index >= 15 is 0 Å². The highest BCUT2D eigenvalue weighted by Gasteiger charge is 2.13. The molecule has 0 radical (unpaired) electrons. The molecule has 0 atom stereocenters. The van der Waals surface area contributed by atoms with E-state index in [1.807, 2.05) is 6.07 Å². The van der Waals surface area contributed by atoms with Crippen molar-refractivity contribution in [2.24, 2.45) is 4.99 Å². The first kappa shape index (κ1) is 23.6. The van der Waals surface area contributed by atoms with Gasteiger partial charge in [-0.15, -0.1) is 0 Å². The van der Waals surface area contributed by atoms with Gasteiger partial charge in [0.25, 0.3) is 0 Å². The normalized spacial score (nSPS) is 12.6. The van der Waals surface area contributed by atoms with Gasteiger partial charge < -0.3 is 14.9 Å².